The van der Waals surface area contributed by atoms with E-state index in [1.54, 1.807) is 0 Å². The van der Waals surface area contributed by atoms with Gasteiger partial charge in [0.25, 0.3) is 0 Å². The third-order valence-electron chi connectivity index (χ3n) is 4.73. The molecule has 0 saturated heterocycles. The number of fused-ring (bicyclic) bond motifs is 1. The van der Waals surface area contributed by atoms with Crippen LogP contribution in [0.2, 0.25) is 0 Å². The maximum absolute atomic E-state index is 4.63. The largest absolute Gasteiger partial charge is 0.282 e. The topological polar surface area (TPSA) is 78.6 Å². The molecule has 0 spiro atoms. The van der Waals surface area contributed by atoms with Gasteiger partial charge in [-0.15, -0.1) is 5.10 Å². The van der Waals surface area contributed by atoms with Gasteiger partial charge in [0.2, 0.25) is 0 Å². The van der Waals surface area contributed by atoms with Crippen molar-refractivity contribution in [3.8, 4) is 0 Å². The SMILES string of the molecule is Cc1[nH]nc2ccnc(C(C)c3ccc(C4=NN=NC(C)C4)cc3)c12. The van der Waals surface area contributed by atoms with Gasteiger partial charge >= 0.3 is 0 Å². The van der Waals surface area contributed by atoms with Crippen molar-refractivity contribution in [1.82, 2.24) is 15.2 Å². The highest BCUT2D eigenvalue weighted by Crippen LogP contribution is 2.30. The summed E-state index contributed by atoms with van der Waals surface area (Å²) in [5, 5.41) is 20.6. The van der Waals surface area contributed by atoms with Crippen molar-refractivity contribution < 1.29 is 0 Å². The van der Waals surface area contributed by atoms with Crippen molar-refractivity contribution in [2.75, 3.05) is 0 Å². The van der Waals surface area contributed by atoms with E-state index in [-0.39, 0.29) is 12.0 Å². The average molecular weight is 332 g/mol. The minimum absolute atomic E-state index is 0.181. The zero-order chi connectivity index (χ0) is 17.4. The molecule has 1 aliphatic rings. The summed E-state index contributed by atoms with van der Waals surface area (Å²) >= 11 is 0. The van der Waals surface area contributed by atoms with Crippen molar-refractivity contribution in [1.29, 1.82) is 0 Å². The molecular formula is C19H20N6. The van der Waals surface area contributed by atoms with Crippen LogP contribution in [0.3, 0.4) is 0 Å². The molecule has 2 unspecified atom stereocenters. The minimum Gasteiger partial charge on any atom is -0.282 e. The van der Waals surface area contributed by atoms with Gasteiger partial charge in [-0.2, -0.15) is 10.2 Å². The number of pyridine rings is 1. The Morgan fingerprint density at radius 2 is 1.96 bits per heavy atom. The summed E-state index contributed by atoms with van der Waals surface area (Å²) in [6.45, 7) is 6.26. The Bertz CT molecular complexity index is 967. The van der Waals surface area contributed by atoms with Gasteiger partial charge in [0.1, 0.15) is 0 Å². The molecule has 0 fully saturated rings. The van der Waals surface area contributed by atoms with E-state index in [1.807, 2.05) is 26.1 Å². The first-order valence-corrected chi connectivity index (χ1v) is 8.50. The Labute approximate surface area is 146 Å². The molecule has 6 nitrogen and oxygen atoms in total. The molecule has 3 heterocycles. The van der Waals surface area contributed by atoms with Crippen molar-refractivity contribution in [3.63, 3.8) is 0 Å². The number of benzene rings is 1. The molecule has 1 aliphatic heterocycles. The molecule has 2 atom stereocenters. The lowest BCUT2D eigenvalue weighted by atomic mass is 9.92. The molecule has 0 saturated carbocycles. The highest BCUT2D eigenvalue weighted by atomic mass is 15.4. The van der Waals surface area contributed by atoms with Crippen molar-refractivity contribution in [3.05, 3.63) is 59.0 Å². The van der Waals surface area contributed by atoms with Gasteiger partial charge in [-0.05, 0) is 36.3 Å². The highest BCUT2D eigenvalue weighted by Gasteiger charge is 2.17. The summed E-state index contributed by atoms with van der Waals surface area (Å²) in [6.07, 6.45) is 2.65. The fourth-order valence-electron chi connectivity index (χ4n) is 3.30. The van der Waals surface area contributed by atoms with Crippen LogP contribution in [0.15, 0.2) is 52.0 Å². The highest BCUT2D eigenvalue weighted by molar-refractivity contribution is 6.01. The van der Waals surface area contributed by atoms with Gasteiger partial charge in [-0.3, -0.25) is 10.1 Å². The summed E-state index contributed by atoms with van der Waals surface area (Å²) in [4.78, 5) is 4.63. The number of aryl methyl sites for hydroxylation is 1. The van der Waals surface area contributed by atoms with Crippen LogP contribution in [0.25, 0.3) is 10.9 Å². The molecule has 3 aromatic rings. The predicted octanol–water partition coefficient (Wildman–Crippen LogP) is 4.37. The number of nitrogens with one attached hydrogen (secondary N) is 1. The zero-order valence-corrected chi connectivity index (χ0v) is 14.6. The van der Waals surface area contributed by atoms with Gasteiger partial charge < -0.3 is 0 Å². The zero-order valence-electron chi connectivity index (χ0n) is 14.6. The maximum atomic E-state index is 4.63. The van der Waals surface area contributed by atoms with Crippen LogP contribution in [0, 0.1) is 6.92 Å². The van der Waals surface area contributed by atoms with Crippen LogP contribution in [0.5, 0.6) is 0 Å². The quantitative estimate of drug-likeness (QED) is 0.773. The number of hydrogen-bond donors (Lipinski definition) is 1. The third kappa shape index (κ3) is 2.84. The normalized spacial score (nSPS) is 18.4. The molecular weight excluding hydrogens is 312 g/mol. The number of aromatic nitrogens is 3. The molecule has 1 aromatic carbocycles. The van der Waals surface area contributed by atoms with E-state index < -0.39 is 0 Å². The third-order valence-corrected chi connectivity index (χ3v) is 4.73. The van der Waals surface area contributed by atoms with E-state index in [9.17, 15) is 0 Å². The minimum atomic E-state index is 0.181. The maximum Gasteiger partial charge on any atom is 0.0957 e. The Morgan fingerprint density at radius 1 is 1.16 bits per heavy atom. The summed E-state index contributed by atoms with van der Waals surface area (Å²) in [6, 6.07) is 10.6. The average Bonchev–Trinajstić information content (AvgIpc) is 3.03. The molecule has 0 radical (unpaired) electrons. The van der Waals surface area contributed by atoms with Gasteiger partial charge in [0, 0.05) is 29.6 Å². The van der Waals surface area contributed by atoms with Crippen molar-refractivity contribution >= 4 is 16.6 Å². The van der Waals surface area contributed by atoms with Crippen LogP contribution in [0.4, 0.5) is 0 Å². The van der Waals surface area contributed by atoms with E-state index in [2.05, 4.69) is 61.8 Å². The fraction of sp³-hybridized carbons (Fsp3) is 0.316. The van der Waals surface area contributed by atoms with Crippen LogP contribution in [-0.2, 0) is 0 Å². The standard InChI is InChI=1S/C19H20N6/c1-11-10-17(24-25-21-11)15-6-4-14(5-7-15)12(2)19-18-13(3)22-23-16(18)8-9-20-19/h4-9,11-12H,10H2,1-3H3,(H,22,23). The molecule has 4 rings (SSSR count). The lowest BCUT2D eigenvalue weighted by Gasteiger charge is -2.15. The Morgan fingerprint density at radius 3 is 2.72 bits per heavy atom. The fourth-order valence-corrected chi connectivity index (χ4v) is 3.30. The molecule has 0 bridgehead atoms. The molecule has 126 valence electrons. The lowest BCUT2D eigenvalue weighted by Crippen LogP contribution is -2.12. The van der Waals surface area contributed by atoms with Crippen molar-refractivity contribution in [2.45, 2.75) is 39.2 Å². The molecule has 25 heavy (non-hydrogen) atoms. The predicted molar refractivity (Wildman–Crippen MR) is 98.1 cm³/mol. The number of hydrogen-bond acceptors (Lipinski definition) is 5. The smallest absolute Gasteiger partial charge is 0.0957 e. The number of nitrogens with zero attached hydrogens (tertiary/aromatic N) is 5. The molecule has 0 amide bonds. The second-order valence-corrected chi connectivity index (χ2v) is 6.59. The van der Waals surface area contributed by atoms with Crippen LogP contribution >= 0.6 is 0 Å². The van der Waals surface area contributed by atoms with Gasteiger partial charge in [0.15, 0.2) is 0 Å². The summed E-state index contributed by atoms with van der Waals surface area (Å²) in [5.74, 6) is 0.181. The van der Waals surface area contributed by atoms with Gasteiger partial charge in [-0.1, -0.05) is 31.2 Å². The van der Waals surface area contributed by atoms with Gasteiger partial charge in [-0.25, -0.2) is 0 Å². The van der Waals surface area contributed by atoms with E-state index in [0.29, 0.717) is 0 Å². The first-order valence-electron chi connectivity index (χ1n) is 8.50. The molecule has 2 aromatic heterocycles. The van der Waals surface area contributed by atoms with Gasteiger partial charge in [0.05, 0.1) is 23.0 Å². The molecule has 0 aliphatic carbocycles. The van der Waals surface area contributed by atoms with E-state index in [1.165, 1.54) is 5.56 Å². The van der Waals surface area contributed by atoms with E-state index in [0.717, 1.165) is 40.0 Å². The van der Waals surface area contributed by atoms with E-state index >= 15 is 0 Å². The lowest BCUT2D eigenvalue weighted by molar-refractivity contribution is 0.685. The first-order chi connectivity index (χ1) is 12.1. The summed E-state index contributed by atoms with van der Waals surface area (Å²) < 4.78 is 0. The number of rotatable bonds is 3. The van der Waals surface area contributed by atoms with Crippen LogP contribution in [0.1, 0.15) is 48.7 Å². The Balaban J connectivity index is 1.67. The number of aromatic amines is 1. The number of H-pyrrole nitrogens is 1. The van der Waals surface area contributed by atoms with Crippen LogP contribution in [-0.4, -0.2) is 26.9 Å². The second-order valence-electron chi connectivity index (χ2n) is 6.59. The Hall–Kier alpha value is -2.89. The first kappa shape index (κ1) is 15.6. The summed E-state index contributed by atoms with van der Waals surface area (Å²) in [7, 11) is 0. The van der Waals surface area contributed by atoms with Crippen LogP contribution < -0.4 is 0 Å². The Kier molecular flexibility index (Phi) is 3.87. The van der Waals surface area contributed by atoms with E-state index in [4.69, 9.17) is 0 Å². The molecule has 1 N–H and O–H groups in total. The summed E-state index contributed by atoms with van der Waals surface area (Å²) in [5.41, 5.74) is 6.38. The van der Waals surface area contributed by atoms with Crippen molar-refractivity contribution in [2.24, 2.45) is 15.4 Å². The second kappa shape index (κ2) is 6.20. The monoisotopic (exact) mass is 332 g/mol. The molecule has 6 heteroatoms.